The third kappa shape index (κ3) is 6.37. The van der Waals surface area contributed by atoms with Crippen LogP contribution in [0.15, 0.2) is 23.4 Å². The molecule has 0 unspecified atom stereocenters. The smallest absolute Gasteiger partial charge is 0.209 e. The predicted octanol–water partition coefficient (Wildman–Crippen LogP) is 4.59. The van der Waals surface area contributed by atoms with Crippen LogP contribution < -0.4 is 11.1 Å². The lowest BCUT2D eigenvalue weighted by molar-refractivity contribution is -0.119. The average molecular weight is 488 g/mol. The number of thiol groups is 1. The second-order valence-corrected chi connectivity index (χ2v) is 10.6. The first-order chi connectivity index (χ1) is 15.6. The van der Waals surface area contributed by atoms with E-state index in [2.05, 4.69) is 34.8 Å². The van der Waals surface area contributed by atoms with Gasteiger partial charge in [-0.3, -0.25) is 4.79 Å². The van der Waals surface area contributed by atoms with Gasteiger partial charge >= 0.3 is 0 Å². The topological polar surface area (TPSA) is 104 Å². The number of nitrogens with one attached hydrogen (secondary N) is 1. The molecular weight excluding hydrogens is 454 g/mol. The van der Waals surface area contributed by atoms with Crippen LogP contribution in [0.25, 0.3) is 10.2 Å². The van der Waals surface area contributed by atoms with Crippen LogP contribution in [-0.4, -0.2) is 45.6 Å². The average Bonchev–Trinajstić information content (AvgIpc) is 3.15. The predicted molar refractivity (Wildman–Crippen MR) is 140 cm³/mol. The maximum Gasteiger partial charge on any atom is 0.209 e. The number of nitrogen functional groups attached to an aromatic ring is 1. The number of hydrogen-bond acceptors (Lipinski definition) is 8. The van der Waals surface area contributed by atoms with Crippen LogP contribution in [0.2, 0.25) is 0 Å². The van der Waals surface area contributed by atoms with Gasteiger partial charge < -0.3 is 21.1 Å². The van der Waals surface area contributed by atoms with Gasteiger partial charge in [-0.2, -0.15) is 0 Å². The Hall–Kier alpha value is -2.36. The third-order valence-electron chi connectivity index (χ3n) is 5.45. The molecule has 4 N–H and O–H groups in total. The molecule has 0 atom stereocenters. The summed E-state index contributed by atoms with van der Waals surface area (Å²) in [6, 6.07) is 3.98. The molecule has 178 valence electrons. The molecular formula is C24H33N5O2S2. The number of aryl methyl sites for hydroxylation is 3. The molecule has 4 rings (SSSR count). The number of rotatable bonds is 6. The highest BCUT2D eigenvalue weighted by Gasteiger charge is 2.20. The minimum absolute atomic E-state index is 0.372. The lowest BCUT2D eigenvalue weighted by Crippen LogP contribution is -2.35. The lowest BCUT2D eigenvalue weighted by atomic mass is 9.97. The highest BCUT2D eigenvalue weighted by atomic mass is 32.1. The van der Waals surface area contributed by atoms with Crippen molar-refractivity contribution in [3.8, 4) is 0 Å². The SMILES string of the molecule is CCc1cc(N)c(S)cc1Nc1ncnc2sc3c(c12)CCCC3.CN(C=O)CC(C)(C)O. The monoisotopic (exact) mass is 487 g/mol. The van der Waals surface area contributed by atoms with Crippen molar-refractivity contribution >= 4 is 57.8 Å². The highest BCUT2D eigenvalue weighted by molar-refractivity contribution is 7.80. The summed E-state index contributed by atoms with van der Waals surface area (Å²) in [7, 11) is 1.63. The number of anilines is 3. The van der Waals surface area contributed by atoms with Crippen LogP contribution >= 0.6 is 24.0 Å². The van der Waals surface area contributed by atoms with Crippen molar-refractivity contribution in [1.82, 2.24) is 14.9 Å². The number of aromatic nitrogens is 2. The molecule has 0 saturated heterocycles. The molecule has 1 aromatic carbocycles. The molecule has 0 fully saturated rings. The van der Waals surface area contributed by atoms with E-state index in [-0.39, 0.29) is 0 Å². The van der Waals surface area contributed by atoms with Crippen LogP contribution in [0, 0.1) is 0 Å². The van der Waals surface area contributed by atoms with Gasteiger partial charge in [0, 0.05) is 34.7 Å². The Balaban J connectivity index is 0.000000292. The summed E-state index contributed by atoms with van der Waals surface area (Å²) in [5.41, 5.74) is 9.55. The second-order valence-electron chi connectivity index (χ2n) is 8.99. The first-order valence-electron chi connectivity index (χ1n) is 11.1. The molecule has 1 aliphatic rings. The molecule has 0 bridgehead atoms. The Morgan fingerprint density at radius 1 is 1.30 bits per heavy atom. The van der Waals surface area contributed by atoms with Crippen LogP contribution in [0.1, 0.15) is 49.6 Å². The van der Waals surface area contributed by atoms with Gasteiger partial charge in [-0.05, 0) is 69.2 Å². The van der Waals surface area contributed by atoms with Crippen molar-refractivity contribution in [2.45, 2.75) is 63.4 Å². The van der Waals surface area contributed by atoms with Crippen molar-refractivity contribution < 1.29 is 9.90 Å². The number of likely N-dealkylation sites (N-methyl/N-ethyl adjacent to an activating group) is 1. The molecule has 0 saturated carbocycles. The fourth-order valence-corrected chi connectivity index (χ4v) is 5.44. The van der Waals surface area contributed by atoms with Crippen LogP contribution in [-0.2, 0) is 24.1 Å². The van der Waals surface area contributed by atoms with Gasteiger partial charge in [-0.15, -0.1) is 24.0 Å². The van der Waals surface area contributed by atoms with E-state index in [0.717, 1.165) is 34.1 Å². The van der Waals surface area contributed by atoms with E-state index >= 15 is 0 Å². The maximum atomic E-state index is 10.00. The van der Waals surface area contributed by atoms with E-state index in [1.165, 1.54) is 45.6 Å². The Morgan fingerprint density at radius 2 is 2.03 bits per heavy atom. The lowest BCUT2D eigenvalue weighted by Gasteiger charge is -2.21. The van der Waals surface area contributed by atoms with E-state index in [1.54, 1.807) is 27.2 Å². The Labute approximate surface area is 204 Å². The Kier molecular flexibility index (Phi) is 8.20. The first kappa shape index (κ1) is 25.3. The van der Waals surface area contributed by atoms with E-state index in [4.69, 9.17) is 10.8 Å². The summed E-state index contributed by atoms with van der Waals surface area (Å²) in [6.45, 7) is 5.82. The summed E-state index contributed by atoms with van der Waals surface area (Å²) in [6.07, 6.45) is 8.05. The fraction of sp³-hybridized carbons (Fsp3) is 0.458. The number of nitrogens with zero attached hydrogens (tertiary/aromatic N) is 3. The van der Waals surface area contributed by atoms with Gasteiger partial charge in [-0.25, -0.2) is 9.97 Å². The summed E-state index contributed by atoms with van der Waals surface area (Å²) in [4.78, 5) is 23.8. The molecule has 0 radical (unpaired) electrons. The van der Waals surface area contributed by atoms with Crippen molar-refractivity contribution in [3.63, 3.8) is 0 Å². The number of thiophene rings is 1. The van der Waals surface area contributed by atoms with Gasteiger partial charge in [0.2, 0.25) is 6.41 Å². The van der Waals surface area contributed by atoms with Gasteiger partial charge in [0.05, 0.1) is 11.0 Å². The zero-order valence-electron chi connectivity index (χ0n) is 19.7. The van der Waals surface area contributed by atoms with Crippen molar-refractivity contribution in [2.75, 3.05) is 24.6 Å². The van der Waals surface area contributed by atoms with Crippen molar-refractivity contribution in [3.05, 3.63) is 34.5 Å². The number of nitrogens with two attached hydrogens (primary N) is 1. The molecule has 33 heavy (non-hydrogen) atoms. The van der Waals surface area contributed by atoms with Gasteiger partial charge in [-0.1, -0.05) is 6.92 Å². The van der Waals surface area contributed by atoms with Crippen molar-refractivity contribution in [2.24, 2.45) is 0 Å². The van der Waals surface area contributed by atoms with Gasteiger partial charge in [0.1, 0.15) is 17.0 Å². The summed E-state index contributed by atoms with van der Waals surface area (Å²) in [5, 5.41) is 13.8. The number of fused-ring (bicyclic) bond motifs is 3. The number of hydrogen-bond donors (Lipinski definition) is 4. The fourth-order valence-electron chi connectivity index (χ4n) is 4.02. The van der Waals surface area contributed by atoms with E-state index in [1.807, 2.05) is 23.5 Å². The minimum Gasteiger partial charge on any atom is -0.398 e. The molecule has 7 nitrogen and oxygen atoms in total. The van der Waals surface area contributed by atoms with Crippen LogP contribution in [0.3, 0.4) is 0 Å². The number of amides is 1. The van der Waals surface area contributed by atoms with Gasteiger partial charge in [0.25, 0.3) is 0 Å². The molecule has 3 aromatic rings. The van der Waals surface area contributed by atoms with E-state index in [0.29, 0.717) is 18.6 Å². The molecule has 2 aromatic heterocycles. The highest BCUT2D eigenvalue weighted by Crippen LogP contribution is 2.39. The quantitative estimate of drug-likeness (QED) is 0.230. The molecule has 1 aliphatic carbocycles. The van der Waals surface area contributed by atoms with Crippen LogP contribution in [0.5, 0.6) is 0 Å². The normalized spacial score (nSPS) is 13.2. The summed E-state index contributed by atoms with van der Waals surface area (Å²) >= 11 is 6.28. The summed E-state index contributed by atoms with van der Waals surface area (Å²) in [5.74, 6) is 0.895. The zero-order chi connectivity index (χ0) is 24.2. The van der Waals surface area contributed by atoms with Gasteiger partial charge in [0.15, 0.2) is 0 Å². The number of carbonyl (C=O) groups excluding carboxylic acids is 1. The molecule has 2 heterocycles. The summed E-state index contributed by atoms with van der Waals surface area (Å²) < 4.78 is 0. The van der Waals surface area contributed by atoms with E-state index < -0.39 is 5.60 Å². The zero-order valence-corrected chi connectivity index (χ0v) is 21.4. The maximum absolute atomic E-state index is 10.00. The number of aliphatic hydroxyl groups is 1. The number of carbonyl (C=O) groups is 1. The van der Waals surface area contributed by atoms with E-state index in [9.17, 15) is 4.79 Å². The number of benzene rings is 1. The van der Waals surface area contributed by atoms with Crippen LogP contribution in [0.4, 0.5) is 17.2 Å². The molecule has 9 heteroatoms. The Morgan fingerprint density at radius 3 is 2.67 bits per heavy atom. The first-order valence-corrected chi connectivity index (χ1v) is 12.4. The second kappa shape index (κ2) is 10.7. The minimum atomic E-state index is -0.782. The molecule has 0 spiro atoms. The third-order valence-corrected chi connectivity index (χ3v) is 7.04. The van der Waals surface area contributed by atoms with Crippen molar-refractivity contribution in [1.29, 1.82) is 0 Å². The molecule has 1 amide bonds. The molecule has 0 aliphatic heterocycles. The largest absolute Gasteiger partial charge is 0.398 e. The standard InChI is InChI=1S/C18H20N4S2.C6H13NO2/c1-2-10-7-12(19)14(23)8-13(10)22-17-16-11-5-3-4-6-15(11)24-18(16)21-9-20-17;1-6(2,9)4-7(3)5-8/h7-9,23H,2-6,19H2,1H3,(H,20,21,22);5,9H,4H2,1-3H3. The Bertz CT molecular complexity index is 1120.